The lowest BCUT2D eigenvalue weighted by Crippen LogP contribution is -1.98. The van der Waals surface area contributed by atoms with Gasteiger partial charge in [0.1, 0.15) is 5.01 Å². The van der Waals surface area contributed by atoms with Gasteiger partial charge in [-0.3, -0.25) is 9.78 Å². The Morgan fingerprint density at radius 3 is 2.94 bits per heavy atom. The van der Waals surface area contributed by atoms with E-state index in [9.17, 15) is 4.79 Å². The molecule has 5 heteroatoms. The van der Waals surface area contributed by atoms with Crippen LogP contribution in [-0.2, 0) is 17.6 Å². The van der Waals surface area contributed by atoms with E-state index in [4.69, 9.17) is 5.11 Å². The highest BCUT2D eigenvalue weighted by Gasteiger charge is 2.12. The number of nitrogens with zero attached hydrogens (tertiary/aromatic N) is 2. The molecule has 0 aliphatic rings. The minimum atomic E-state index is -0.770. The number of thiazole rings is 1. The first-order chi connectivity index (χ1) is 8.70. The molecule has 4 nitrogen and oxygen atoms in total. The van der Waals surface area contributed by atoms with E-state index in [-0.39, 0.29) is 6.42 Å². The quantitative estimate of drug-likeness (QED) is 0.900. The molecular formula is C13H14N2O2S. The fraction of sp³-hybridized carbons (Fsp3) is 0.308. The fourth-order valence-corrected chi connectivity index (χ4v) is 2.83. The predicted molar refractivity (Wildman–Crippen MR) is 70.7 cm³/mol. The number of hydrogen-bond acceptors (Lipinski definition) is 4. The van der Waals surface area contributed by atoms with Gasteiger partial charge in [-0.05, 0) is 25.0 Å². The molecule has 2 rings (SSSR count). The van der Waals surface area contributed by atoms with Crippen LogP contribution in [0.1, 0.15) is 23.9 Å². The summed E-state index contributed by atoms with van der Waals surface area (Å²) in [6.45, 7) is 2.03. The number of carboxylic acid groups (broad SMARTS) is 1. The van der Waals surface area contributed by atoms with Crippen molar-refractivity contribution in [3.63, 3.8) is 0 Å². The maximum Gasteiger partial charge on any atom is 0.303 e. The number of hydrogen-bond donors (Lipinski definition) is 1. The van der Waals surface area contributed by atoms with E-state index in [1.165, 1.54) is 0 Å². The van der Waals surface area contributed by atoms with Gasteiger partial charge in [0.05, 0.1) is 12.1 Å². The Hall–Kier alpha value is -1.75. The third-order valence-electron chi connectivity index (χ3n) is 2.59. The van der Waals surface area contributed by atoms with Gasteiger partial charge in [0.25, 0.3) is 0 Å². The third-order valence-corrected chi connectivity index (χ3v) is 3.79. The molecule has 0 spiro atoms. The summed E-state index contributed by atoms with van der Waals surface area (Å²) in [7, 11) is 0. The average molecular weight is 262 g/mol. The second-order valence-electron chi connectivity index (χ2n) is 3.88. The van der Waals surface area contributed by atoms with Crippen LogP contribution in [-0.4, -0.2) is 21.0 Å². The molecule has 2 aromatic rings. The molecule has 0 atom stereocenters. The Balaban J connectivity index is 2.26. The maximum absolute atomic E-state index is 10.6. The van der Waals surface area contributed by atoms with Crippen molar-refractivity contribution < 1.29 is 9.90 Å². The topological polar surface area (TPSA) is 63.1 Å². The second kappa shape index (κ2) is 5.73. The summed E-state index contributed by atoms with van der Waals surface area (Å²) < 4.78 is 0. The number of aliphatic carboxylic acids is 1. The first-order valence-corrected chi connectivity index (χ1v) is 6.63. The number of carbonyl (C=O) groups is 1. The highest BCUT2D eigenvalue weighted by molar-refractivity contribution is 7.15. The summed E-state index contributed by atoms with van der Waals surface area (Å²) in [5.41, 5.74) is 1.99. The van der Waals surface area contributed by atoms with Crippen molar-refractivity contribution in [2.75, 3.05) is 0 Å². The van der Waals surface area contributed by atoms with E-state index >= 15 is 0 Å². The van der Waals surface area contributed by atoms with E-state index in [1.807, 2.05) is 19.1 Å². The molecule has 0 bridgehead atoms. The molecule has 2 heterocycles. The molecule has 0 aliphatic carbocycles. The molecule has 1 N–H and O–H groups in total. The van der Waals surface area contributed by atoms with Crippen LogP contribution in [0.4, 0.5) is 0 Å². The third kappa shape index (κ3) is 2.92. The Morgan fingerprint density at radius 1 is 1.50 bits per heavy atom. The van der Waals surface area contributed by atoms with Gasteiger partial charge in [0, 0.05) is 22.8 Å². The molecule has 18 heavy (non-hydrogen) atoms. The number of carboxylic acids is 1. The lowest BCUT2D eigenvalue weighted by atomic mass is 10.2. The molecule has 0 fully saturated rings. The monoisotopic (exact) mass is 262 g/mol. The van der Waals surface area contributed by atoms with Crippen LogP contribution < -0.4 is 0 Å². The number of rotatable bonds is 5. The van der Waals surface area contributed by atoms with Gasteiger partial charge in [-0.15, -0.1) is 11.3 Å². The van der Waals surface area contributed by atoms with Crippen molar-refractivity contribution in [3.05, 3.63) is 35.1 Å². The summed E-state index contributed by atoms with van der Waals surface area (Å²) in [5.74, 6) is -0.770. The molecule has 0 aromatic carbocycles. The Bertz CT molecular complexity index is 537. The molecule has 0 radical (unpaired) electrons. The first kappa shape index (κ1) is 12.7. The van der Waals surface area contributed by atoms with E-state index in [1.54, 1.807) is 23.7 Å². The summed E-state index contributed by atoms with van der Waals surface area (Å²) >= 11 is 1.56. The van der Waals surface area contributed by atoms with Crippen LogP contribution in [0.25, 0.3) is 10.6 Å². The second-order valence-corrected chi connectivity index (χ2v) is 4.96. The van der Waals surface area contributed by atoms with E-state index in [0.29, 0.717) is 6.42 Å². The zero-order valence-electron chi connectivity index (χ0n) is 10.1. The van der Waals surface area contributed by atoms with Gasteiger partial charge in [0.2, 0.25) is 0 Å². The summed E-state index contributed by atoms with van der Waals surface area (Å²) in [5, 5.41) is 9.65. The molecule has 0 unspecified atom stereocenters. The molecule has 0 amide bonds. The largest absolute Gasteiger partial charge is 0.481 e. The van der Waals surface area contributed by atoms with Crippen molar-refractivity contribution in [3.8, 4) is 10.6 Å². The van der Waals surface area contributed by atoms with Crippen molar-refractivity contribution in [1.29, 1.82) is 0 Å². The molecule has 2 aromatic heterocycles. The van der Waals surface area contributed by atoms with Gasteiger partial charge in [-0.25, -0.2) is 4.98 Å². The van der Waals surface area contributed by atoms with Gasteiger partial charge in [-0.2, -0.15) is 0 Å². The smallest absolute Gasteiger partial charge is 0.303 e. The van der Waals surface area contributed by atoms with Gasteiger partial charge >= 0.3 is 5.97 Å². The number of aromatic nitrogens is 2. The Kier molecular flexibility index (Phi) is 4.04. The summed E-state index contributed by atoms with van der Waals surface area (Å²) in [6, 6.07) is 3.84. The van der Waals surface area contributed by atoms with Crippen LogP contribution in [0.2, 0.25) is 0 Å². The Labute approximate surface area is 109 Å². The first-order valence-electron chi connectivity index (χ1n) is 5.81. The van der Waals surface area contributed by atoms with Crippen LogP contribution in [0.3, 0.4) is 0 Å². The summed E-state index contributed by atoms with van der Waals surface area (Å²) in [6.07, 6.45) is 5.03. The lowest BCUT2D eigenvalue weighted by molar-refractivity contribution is -0.136. The van der Waals surface area contributed by atoms with Gasteiger partial charge in [-0.1, -0.05) is 6.92 Å². The zero-order valence-corrected chi connectivity index (χ0v) is 10.9. The lowest BCUT2D eigenvalue weighted by Gasteiger charge is -1.95. The van der Waals surface area contributed by atoms with Crippen LogP contribution in [0.15, 0.2) is 24.5 Å². The van der Waals surface area contributed by atoms with Crippen molar-refractivity contribution in [1.82, 2.24) is 9.97 Å². The molecule has 0 saturated heterocycles. The normalized spacial score (nSPS) is 10.5. The van der Waals surface area contributed by atoms with Crippen LogP contribution >= 0.6 is 11.3 Å². The van der Waals surface area contributed by atoms with Gasteiger partial charge < -0.3 is 5.11 Å². The van der Waals surface area contributed by atoms with Crippen LogP contribution in [0.5, 0.6) is 0 Å². The highest BCUT2D eigenvalue weighted by Crippen LogP contribution is 2.28. The van der Waals surface area contributed by atoms with Crippen molar-refractivity contribution in [2.24, 2.45) is 0 Å². The van der Waals surface area contributed by atoms with Gasteiger partial charge in [0.15, 0.2) is 0 Å². The average Bonchev–Trinajstić information content (AvgIpc) is 2.80. The predicted octanol–water partition coefficient (Wildman–Crippen LogP) is 2.78. The highest BCUT2D eigenvalue weighted by atomic mass is 32.1. The molecule has 0 saturated carbocycles. The summed E-state index contributed by atoms with van der Waals surface area (Å²) in [4.78, 5) is 20.3. The minimum absolute atomic E-state index is 0.154. The van der Waals surface area contributed by atoms with E-state index < -0.39 is 5.97 Å². The molecule has 94 valence electrons. The minimum Gasteiger partial charge on any atom is -0.481 e. The Morgan fingerprint density at radius 2 is 2.33 bits per heavy atom. The standard InChI is InChI=1S/C13H14N2O2S/c1-2-10-11(5-6-12(16)17)18-13(15-10)9-4-3-7-14-8-9/h3-4,7-8H,2,5-6H2,1H3,(H,16,17). The zero-order chi connectivity index (χ0) is 13.0. The molecule has 0 aliphatic heterocycles. The maximum atomic E-state index is 10.6. The molecular weight excluding hydrogens is 248 g/mol. The van der Waals surface area contributed by atoms with E-state index in [2.05, 4.69) is 9.97 Å². The van der Waals surface area contributed by atoms with Crippen molar-refractivity contribution in [2.45, 2.75) is 26.2 Å². The fourth-order valence-electron chi connectivity index (χ4n) is 1.69. The number of pyridine rings is 1. The van der Waals surface area contributed by atoms with Crippen LogP contribution in [0, 0.1) is 0 Å². The van der Waals surface area contributed by atoms with E-state index in [0.717, 1.165) is 27.6 Å². The SMILES string of the molecule is CCc1nc(-c2cccnc2)sc1CCC(=O)O. The number of aryl methyl sites for hydroxylation is 2. The van der Waals surface area contributed by atoms with Crippen molar-refractivity contribution >= 4 is 17.3 Å².